The minimum Gasteiger partial charge on any atom is -0.479 e. The number of aryl methyl sites for hydroxylation is 2. The van der Waals surface area contributed by atoms with Crippen molar-refractivity contribution in [3.63, 3.8) is 0 Å². The van der Waals surface area contributed by atoms with Gasteiger partial charge in [0.05, 0.1) is 18.6 Å². The zero-order valence-electron chi connectivity index (χ0n) is 34.2. The van der Waals surface area contributed by atoms with Crippen molar-refractivity contribution in [2.75, 3.05) is 0 Å². The average molecular weight is 741 g/mol. The first-order valence-electron chi connectivity index (χ1n) is 19.4. The van der Waals surface area contributed by atoms with Crippen molar-refractivity contribution in [2.45, 2.75) is 175 Å². The number of allylic oxidation sites excluding steroid dienone is 2. The molecule has 9 heteroatoms. The Labute approximate surface area is 311 Å². The van der Waals surface area contributed by atoms with Crippen LogP contribution in [0.1, 0.15) is 105 Å². The number of hydrogen-bond donors (Lipinski definition) is 0. The summed E-state index contributed by atoms with van der Waals surface area (Å²) in [6.45, 7) is 30.8. The zero-order valence-corrected chi connectivity index (χ0v) is 36.2. The molecule has 286 valence electrons. The summed E-state index contributed by atoms with van der Waals surface area (Å²) in [7, 11) is -4.15. The van der Waals surface area contributed by atoms with E-state index in [-0.39, 0.29) is 64.2 Å². The largest absolute Gasteiger partial charge is 0.479 e. The first-order valence-corrected chi connectivity index (χ1v) is 25.2. The molecule has 3 aliphatic rings. The third-order valence-electron chi connectivity index (χ3n) is 12.6. The Morgan fingerprint density at radius 3 is 2.20 bits per heavy atom. The SMILES string of the molecule is CC[C@H](Oc1ccc(C)c(C)c1)C(=O)OC1CC(O[Si](C)(C)C(C)(C)C)C=C2C=CC(C)C(CC[C@@H]3C[C@@H](O[Si](C)(C)C(C)(C)C)CC(=O)O3)C21. The van der Waals surface area contributed by atoms with Gasteiger partial charge < -0.3 is 23.1 Å². The number of carbonyl (C=O) groups is 2. The fourth-order valence-corrected chi connectivity index (χ4v) is 9.81. The van der Waals surface area contributed by atoms with Crippen molar-refractivity contribution in [1.82, 2.24) is 0 Å². The monoisotopic (exact) mass is 740 g/mol. The van der Waals surface area contributed by atoms with E-state index >= 15 is 0 Å². The summed E-state index contributed by atoms with van der Waals surface area (Å²) >= 11 is 0. The van der Waals surface area contributed by atoms with Crippen LogP contribution >= 0.6 is 0 Å². The molecule has 1 saturated heterocycles. The van der Waals surface area contributed by atoms with Crippen molar-refractivity contribution in [1.29, 1.82) is 0 Å². The van der Waals surface area contributed by atoms with Crippen LogP contribution in [0.5, 0.6) is 5.75 Å². The fraction of sp³-hybridized carbons (Fsp3) is 0.714. The number of esters is 2. The van der Waals surface area contributed by atoms with E-state index in [2.05, 4.69) is 99.8 Å². The Morgan fingerprint density at radius 1 is 0.941 bits per heavy atom. The average Bonchev–Trinajstić information content (AvgIpc) is 2.99. The Bertz CT molecular complexity index is 1450. The third-order valence-corrected chi connectivity index (χ3v) is 21.6. The zero-order chi connectivity index (χ0) is 38.1. The van der Waals surface area contributed by atoms with Gasteiger partial charge in [0.25, 0.3) is 0 Å². The molecule has 0 radical (unpaired) electrons. The molecule has 0 spiro atoms. The molecule has 5 unspecified atom stereocenters. The summed E-state index contributed by atoms with van der Waals surface area (Å²) in [4.78, 5) is 26.8. The van der Waals surface area contributed by atoms with Gasteiger partial charge in [-0.05, 0) is 110 Å². The quantitative estimate of drug-likeness (QED) is 0.156. The Hall–Kier alpha value is -2.21. The smallest absolute Gasteiger partial charge is 0.347 e. The van der Waals surface area contributed by atoms with Crippen LogP contribution < -0.4 is 4.74 Å². The highest BCUT2D eigenvalue weighted by Gasteiger charge is 2.47. The summed E-state index contributed by atoms with van der Waals surface area (Å²) in [6.07, 6.45) is 8.98. The molecule has 51 heavy (non-hydrogen) atoms. The van der Waals surface area contributed by atoms with Crippen LogP contribution in [-0.4, -0.2) is 59.1 Å². The third kappa shape index (κ3) is 10.3. The second-order valence-electron chi connectivity index (χ2n) is 18.6. The van der Waals surface area contributed by atoms with Gasteiger partial charge in [-0.3, -0.25) is 4.79 Å². The van der Waals surface area contributed by atoms with Gasteiger partial charge in [0, 0.05) is 18.8 Å². The molecule has 1 fully saturated rings. The van der Waals surface area contributed by atoms with Crippen LogP contribution in [0.25, 0.3) is 0 Å². The van der Waals surface area contributed by atoms with Crippen LogP contribution in [0.2, 0.25) is 36.3 Å². The van der Waals surface area contributed by atoms with E-state index in [1.807, 2.05) is 32.0 Å². The molecule has 2 aliphatic carbocycles. The van der Waals surface area contributed by atoms with Crippen molar-refractivity contribution < 1.29 is 32.7 Å². The predicted molar refractivity (Wildman–Crippen MR) is 211 cm³/mol. The highest BCUT2D eigenvalue weighted by Crippen LogP contribution is 2.47. The summed E-state index contributed by atoms with van der Waals surface area (Å²) < 4.78 is 32.4. The molecule has 7 nitrogen and oxygen atoms in total. The lowest BCUT2D eigenvalue weighted by Crippen LogP contribution is -2.49. The molecule has 0 N–H and O–H groups in total. The van der Waals surface area contributed by atoms with Gasteiger partial charge >= 0.3 is 11.9 Å². The van der Waals surface area contributed by atoms with E-state index < -0.39 is 22.7 Å². The van der Waals surface area contributed by atoms with Crippen LogP contribution in [0, 0.1) is 31.6 Å². The lowest BCUT2D eigenvalue weighted by atomic mass is 9.66. The number of cyclic esters (lactones) is 1. The topological polar surface area (TPSA) is 80.3 Å². The fourth-order valence-electron chi connectivity index (χ4n) is 7.17. The second kappa shape index (κ2) is 16.0. The number of fused-ring (bicyclic) bond motifs is 1. The lowest BCUT2D eigenvalue weighted by molar-refractivity contribution is -0.164. The highest BCUT2D eigenvalue weighted by molar-refractivity contribution is 6.74. The maximum atomic E-state index is 14.0. The number of benzene rings is 1. The van der Waals surface area contributed by atoms with E-state index in [0.717, 1.165) is 24.8 Å². The molecular formula is C42H68O7Si2. The van der Waals surface area contributed by atoms with Gasteiger partial charge in [-0.1, -0.05) is 79.7 Å². The molecule has 1 aliphatic heterocycles. The Morgan fingerprint density at radius 2 is 1.59 bits per heavy atom. The van der Waals surface area contributed by atoms with Gasteiger partial charge in [-0.25, -0.2) is 4.79 Å². The predicted octanol–water partition coefficient (Wildman–Crippen LogP) is 10.4. The van der Waals surface area contributed by atoms with E-state index in [9.17, 15) is 9.59 Å². The van der Waals surface area contributed by atoms with Crippen molar-refractivity contribution in [3.05, 3.63) is 53.1 Å². The molecule has 1 aromatic rings. The van der Waals surface area contributed by atoms with Gasteiger partial charge in [-0.2, -0.15) is 0 Å². The molecule has 8 atom stereocenters. The van der Waals surface area contributed by atoms with Crippen molar-refractivity contribution >= 4 is 28.6 Å². The molecule has 4 rings (SSSR count). The van der Waals surface area contributed by atoms with Crippen molar-refractivity contribution in [2.24, 2.45) is 17.8 Å². The summed E-state index contributed by atoms with van der Waals surface area (Å²) in [6, 6.07) is 5.93. The molecule has 1 aromatic carbocycles. The minimum atomic E-state index is -2.11. The number of rotatable bonds is 12. The van der Waals surface area contributed by atoms with Crippen LogP contribution in [-0.2, 0) is 27.9 Å². The molecule has 1 heterocycles. The van der Waals surface area contributed by atoms with E-state index in [1.165, 1.54) is 11.1 Å². The van der Waals surface area contributed by atoms with Crippen molar-refractivity contribution in [3.8, 4) is 5.75 Å². The van der Waals surface area contributed by atoms with E-state index in [4.69, 9.17) is 23.1 Å². The number of ether oxygens (including phenoxy) is 3. The minimum absolute atomic E-state index is 0.00547. The normalized spacial score (nSPS) is 28.0. The summed E-state index contributed by atoms with van der Waals surface area (Å²) in [5.41, 5.74) is 3.48. The van der Waals surface area contributed by atoms with Crippen LogP contribution in [0.4, 0.5) is 0 Å². The van der Waals surface area contributed by atoms with Gasteiger partial charge in [-0.15, -0.1) is 0 Å². The highest BCUT2D eigenvalue weighted by atomic mass is 28.4. The standard InChI is InChI=1S/C42H68O7Si2/c1-15-36(45-31-19-17-27(2)29(4)22-31)40(44)47-37-25-33(48-50(11,12)41(5,6)7)23-30-18-16-28(3)35(39(30)37)21-20-32-24-34(26-38(43)46-32)49-51(13,14)42(8,9)10/h16-19,22-23,28,32-37,39H,15,20-21,24-26H2,1-14H3/t28?,32-,33?,34-,35?,36+,37?,39?/m1/s1. The van der Waals surface area contributed by atoms with Crippen LogP contribution in [0.15, 0.2) is 42.0 Å². The molecule has 0 saturated carbocycles. The molecule has 0 bridgehead atoms. The molecular weight excluding hydrogens is 673 g/mol. The van der Waals surface area contributed by atoms with E-state index in [0.29, 0.717) is 25.0 Å². The Balaban J connectivity index is 1.57. The number of hydrogen-bond acceptors (Lipinski definition) is 7. The molecule has 0 aromatic heterocycles. The van der Waals surface area contributed by atoms with Gasteiger partial charge in [0.1, 0.15) is 18.0 Å². The summed E-state index contributed by atoms with van der Waals surface area (Å²) in [5, 5.41) is 0.113. The van der Waals surface area contributed by atoms with Gasteiger partial charge in [0.15, 0.2) is 22.7 Å². The first-order chi connectivity index (χ1) is 23.5. The van der Waals surface area contributed by atoms with Gasteiger partial charge in [0.2, 0.25) is 0 Å². The number of carbonyl (C=O) groups excluding carboxylic acids is 2. The Kier molecular flexibility index (Phi) is 13.1. The first kappa shape index (κ1) is 41.5. The van der Waals surface area contributed by atoms with Crippen LogP contribution in [0.3, 0.4) is 0 Å². The maximum Gasteiger partial charge on any atom is 0.347 e. The van der Waals surface area contributed by atoms with E-state index in [1.54, 1.807) is 0 Å². The summed E-state index contributed by atoms with van der Waals surface area (Å²) in [5.74, 6) is 0.645. The second-order valence-corrected chi connectivity index (χ2v) is 28.1. The lowest BCUT2D eigenvalue weighted by Gasteiger charge is -2.46. The maximum absolute atomic E-state index is 14.0. The molecule has 0 amide bonds.